The van der Waals surface area contributed by atoms with E-state index in [0.717, 1.165) is 18.6 Å². The summed E-state index contributed by atoms with van der Waals surface area (Å²) in [6.07, 6.45) is 2.53. The maximum absolute atomic E-state index is 15.3. The molecule has 1 amide bonds. The third-order valence-electron chi connectivity index (χ3n) is 6.75. The van der Waals surface area contributed by atoms with Gasteiger partial charge in [-0.25, -0.2) is 13.2 Å². The van der Waals surface area contributed by atoms with Crippen LogP contribution in [0.4, 0.5) is 13.2 Å². The van der Waals surface area contributed by atoms with Gasteiger partial charge in [-0.2, -0.15) is 0 Å². The zero-order valence-corrected chi connectivity index (χ0v) is 20.4. The van der Waals surface area contributed by atoms with Gasteiger partial charge in [-0.3, -0.25) is 19.3 Å². The molecule has 7 nitrogen and oxygen atoms in total. The van der Waals surface area contributed by atoms with Crippen molar-refractivity contribution in [2.75, 3.05) is 25.3 Å². The molecule has 3 aromatic rings. The molecule has 0 spiro atoms. The number of pyridine rings is 1. The van der Waals surface area contributed by atoms with Crippen molar-refractivity contribution in [1.82, 2.24) is 9.58 Å². The Morgan fingerprint density at radius 1 is 1.03 bits per heavy atom. The third-order valence-corrected chi connectivity index (χ3v) is 6.75. The van der Waals surface area contributed by atoms with Crippen molar-refractivity contribution < 1.29 is 27.4 Å². The van der Waals surface area contributed by atoms with Crippen LogP contribution < -0.4 is 19.9 Å². The molecule has 194 valence electrons. The summed E-state index contributed by atoms with van der Waals surface area (Å²) in [6.45, 7) is 2.29. The third kappa shape index (κ3) is 4.20. The van der Waals surface area contributed by atoms with Crippen LogP contribution in [0.2, 0.25) is 0 Å². The van der Waals surface area contributed by atoms with Crippen molar-refractivity contribution in [1.29, 1.82) is 0 Å². The highest BCUT2D eigenvalue weighted by Crippen LogP contribution is 2.42. The monoisotopic (exact) mass is 513 g/mol. The minimum atomic E-state index is -1.12. The second-order valence-electron chi connectivity index (χ2n) is 9.05. The molecular formula is C27H26F3N3O4. The minimum absolute atomic E-state index is 0.0192. The van der Waals surface area contributed by atoms with E-state index >= 15 is 4.39 Å². The molecule has 2 atom stereocenters. The van der Waals surface area contributed by atoms with Crippen molar-refractivity contribution in [3.63, 3.8) is 0 Å². The lowest BCUT2D eigenvalue weighted by atomic mass is 9.94. The SMILES string of the molecule is CCCCOc1c2n(ccc1=O)N1[C@H](c3ccccc3F)c3cc(F)c(F)cc3OCC[C@H]1N(C)C2=O. The summed E-state index contributed by atoms with van der Waals surface area (Å²) in [6, 6.07) is 8.15. The first-order valence-electron chi connectivity index (χ1n) is 12.1. The van der Waals surface area contributed by atoms with Gasteiger partial charge in [-0.05, 0) is 18.6 Å². The van der Waals surface area contributed by atoms with Crippen molar-refractivity contribution in [2.24, 2.45) is 0 Å². The standard InChI is InChI=1S/C27H26F3N3O4/c1-3-4-12-37-26-21(34)9-11-32-25(26)27(35)31(2)23-10-13-36-22-15-20(30)19(29)14-17(22)24(33(23)32)16-7-5-6-8-18(16)28/h5-9,11,14-15,23-24H,3-4,10,12-13H2,1-2H3/t23-,24+/m0/s1. The number of carbonyl (C=O) groups excluding carboxylic acids is 1. The summed E-state index contributed by atoms with van der Waals surface area (Å²) < 4.78 is 57.2. The van der Waals surface area contributed by atoms with Crippen molar-refractivity contribution >= 4 is 5.91 Å². The molecule has 0 radical (unpaired) electrons. The first-order valence-corrected chi connectivity index (χ1v) is 12.1. The minimum Gasteiger partial charge on any atom is -0.493 e. The average Bonchev–Trinajstić information content (AvgIpc) is 2.87. The van der Waals surface area contributed by atoms with E-state index in [0.29, 0.717) is 6.42 Å². The number of nitrogens with zero attached hydrogens (tertiary/aromatic N) is 3. The molecule has 0 unspecified atom stereocenters. The highest BCUT2D eigenvalue weighted by atomic mass is 19.2. The van der Waals surface area contributed by atoms with Crippen LogP contribution in [-0.4, -0.2) is 41.9 Å². The van der Waals surface area contributed by atoms with Crippen LogP contribution in [0.1, 0.15) is 53.8 Å². The van der Waals surface area contributed by atoms with Crippen LogP contribution in [0, 0.1) is 17.5 Å². The molecule has 0 fully saturated rings. The lowest BCUT2D eigenvalue weighted by Crippen LogP contribution is -2.62. The summed E-state index contributed by atoms with van der Waals surface area (Å²) in [5.74, 6) is -3.29. The van der Waals surface area contributed by atoms with Gasteiger partial charge in [0.05, 0.1) is 13.2 Å². The van der Waals surface area contributed by atoms with Crippen LogP contribution >= 0.6 is 0 Å². The molecule has 2 aromatic carbocycles. The molecule has 0 saturated heterocycles. The second kappa shape index (κ2) is 9.84. The summed E-state index contributed by atoms with van der Waals surface area (Å²) in [4.78, 5) is 27.8. The van der Waals surface area contributed by atoms with E-state index in [4.69, 9.17) is 9.47 Å². The fraction of sp³-hybridized carbons (Fsp3) is 0.333. The van der Waals surface area contributed by atoms with E-state index in [9.17, 15) is 18.4 Å². The van der Waals surface area contributed by atoms with Gasteiger partial charge in [-0.1, -0.05) is 31.5 Å². The van der Waals surface area contributed by atoms with E-state index in [-0.39, 0.29) is 48.0 Å². The number of benzene rings is 2. The maximum Gasteiger partial charge on any atom is 0.277 e. The van der Waals surface area contributed by atoms with E-state index in [1.807, 2.05) is 6.92 Å². The molecule has 2 aliphatic rings. The number of ether oxygens (including phenoxy) is 2. The number of carbonyl (C=O) groups is 1. The van der Waals surface area contributed by atoms with Gasteiger partial charge >= 0.3 is 0 Å². The lowest BCUT2D eigenvalue weighted by Gasteiger charge is -2.50. The van der Waals surface area contributed by atoms with Gasteiger partial charge in [-0.15, -0.1) is 0 Å². The number of hydrogen-bond donors (Lipinski definition) is 0. The fourth-order valence-electron chi connectivity index (χ4n) is 4.91. The predicted molar refractivity (Wildman–Crippen MR) is 130 cm³/mol. The summed E-state index contributed by atoms with van der Waals surface area (Å²) >= 11 is 0. The fourth-order valence-corrected chi connectivity index (χ4v) is 4.91. The zero-order chi connectivity index (χ0) is 26.3. The predicted octanol–water partition coefficient (Wildman–Crippen LogP) is 4.37. The van der Waals surface area contributed by atoms with Gasteiger partial charge < -0.3 is 14.4 Å². The van der Waals surface area contributed by atoms with Crippen LogP contribution in [0.3, 0.4) is 0 Å². The number of halogens is 3. The molecule has 0 bridgehead atoms. The number of amides is 1. The Balaban J connectivity index is 1.80. The first kappa shape index (κ1) is 24.7. The number of aromatic nitrogens is 1. The van der Waals surface area contributed by atoms with E-state index in [1.54, 1.807) is 24.2 Å². The van der Waals surface area contributed by atoms with E-state index in [1.165, 1.54) is 34.0 Å². The lowest BCUT2D eigenvalue weighted by molar-refractivity contribution is 0.0569. The second-order valence-corrected chi connectivity index (χ2v) is 9.05. The van der Waals surface area contributed by atoms with Crippen LogP contribution in [0.5, 0.6) is 11.5 Å². The quantitative estimate of drug-likeness (QED) is 0.475. The normalized spacial score (nSPS) is 18.8. The molecule has 0 N–H and O–H groups in total. The highest BCUT2D eigenvalue weighted by Gasteiger charge is 2.44. The number of hydrogen-bond acceptors (Lipinski definition) is 5. The first-order chi connectivity index (χ1) is 17.8. The topological polar surface area (TPSA) is 64.0 Å². The van der Waals surface area contributed by atoms with Crippen LogP contribution in [0.15, 0.2) is 53.5 Å². The number of rotatable bonds is 5. The average molecular weight is 514 g/mol. The van der Waals surface area contributed by atoms with Gasteiger partial charge in [0.25, 0.3) is 5.91 Å². The Morgan fingerprint density at radius 3 is 2.54 bits per heavy atom. The Labute approximate surface area is 211 Å². The zero-order valence-electron chi connectivity index (χ0n) is 20.4. The van der Waals surface area contributed by atoms with E-state index in [2.05, 4.69) is 0 Å². The van der Waals surface area contributed by atoms with Crippen molar-refractivity contribution in [3.05, 3.63) is 93.2 Å². The number of fused-ring (bicyclic) bond motifs is 4. The molecule has 3 heterocycles. The molecule has 37 heavy (non-hydrogen) atoms. The molecule has 0 aliphatic carbocycles. The summed E-state index contributed by atoms with van der Waals surface area (Å²) in [5.41, 5.74) is -0.149. The molecule has 10 heteroatoms. The Kier molecular flexibility index (Phi) is 6.57. The van der Waals surface area contributed by atoms with Crippen LogP contribution in [0.25, 0.3) is 0 Å². The van der Waals surface area contributed by atoms with Gasteiger partial charge in [0.1, 0.15) is 23.8 Å². The maximum atomic E-state index is 15.3. The van der Waals surface area contributed by atoms with Crippen molar-refractivity contribution in [2.45, 2.75) is 38.4 Å². The Morgan fingerprint density at radius 2 is 1.78 bits per heavy atom. The summed E-state index contributed by atoms with van der Waals surface area (Å²) in [7, 11) is 1.57. The molecule has 2 aliphatic heterocycles. The van der Waals surface area contributed by atoms with Crippen molar-refractivity contribution in [3.8, 4) is 11.5 Å². The molecule has 1 aromatic heterocycles. The Bertz CT molecular complexity index is 1410. The number of unbranched alkanes of at least 4 members (excludes halogenated alkanes) is 1. The van der Waals surface area contributed by atoms with Gasteiger partial charge in [0.2, 0.25) is 5.43 Å². The smallest absolute Gasteiger partial charge is 0.277 e. The largest absolute Gasteiger partial charge is 0.493 e. The highest BCUT2D eigenvalue weighted by molar-refractivity contribution is 5.96. The molecule has 5 rings (SSSR count). The molecular weight excluding hydrogens is 487 g/mol. The van der Waals surface area contributed by atoms with Crippen LogP contribution in [-0.2, 0) is 0 Å². The molecule has 0 saturated carbocycles. The summed E-state index contributed by atoms with van der Waals surface area (Å²) in [5, 5.41) is 1.69. The Hall–Kier alpha value is -3.95. The van der Waals surface area contributed by atoms with Gasteiger partial charge in [0.15, 0.2) is 23.1 Å². The van der Waals surface area contributed by atoms with E-state index < -0.39 is 41.0 Å². The van der Waals surface area contributed by atoms with Gasteiger partial charge in [0, 0.05) is 42.9 Å².